The highest BCUT2D eigenvalue weighted by Gasteiger charge is 2.27. The number of aromatic nitrogens is 1. The second kappa shape index (κ2) is 8.32. The van der Waals surface area contributed by atoms with Crippen LogP contribution in [0.25, 0.3) is 22.0 Å². The number of nitrogens with zero attached hydrogens (tertiary/aromatic N) is 3. The van der Waals surface area contributed by atoms with Gasteiger partial charge in [0.2, 0.25) is 5.88 Å². The van der Waals surface area contributed by atoms with Gasteiger partial charge in [0.15, 0.2) is 5.69 Å². The fourth-order valence-electron chi connectivity index (χ4n) is 4.11. The van der Waals surface area contributed by atoms with E-state index in [9.17, 15) is 10.0 Å². The van der Waals surface area contributed by atoms with E-state index in [4.69, 9.17) is 9.47 Å². The lowest BCUT2D eigenvalue weighted by molar-refractivity contribution is 0.0332. The third-order valence-electron chi connectivity index (χ3n) is 5.51. The molecular formula is C22H25N3O4. The van der Waals surface area contributed by atoms with Crippen LogP contribution in [0.4, 0.5) is 5.69 Å². The fraction of sp³-hybridized carbons (Fsp3) is 0.364. The Balaban J connectivity index is 1.94. The van der Waals surface area contributed by atoms with Crippen molar-refractivity contribution >= 4 is 16.6 Å². The molecule has 1 aliphatic rings. The van der Waals surface area contributed by atoms with Gasteiger partial charge in [0.1, 0.15) is 6.73 Å². The molecular weight excluding hydrogens is 370 g/mol. The van der Waals surface area contributed by atoms with E-state index < -0.39 is 0 Å². The molecule has 7 heteroatoms. The summed E-state index contributed by atoms with van der Waals surface area (Å²) in [7, 11) is 3.68. The number of ether oxygens (including phenoxy) is 2. The fourth-order valence-corrected chi connectivity index (χ4v) is 4.11. The van der Waals surface area contributed by atoms with Gasteiger partial charge in [-0.2, -0.15) is 0 Å². The average molecular weight is 395 g/mol. The zero-order valence-corrected chi connectivity index (χ0v) is 16.7. The first-order chi connectivity index (χ1) is 14.2. The van der Waals surface area contributed by atoms with Crippen LogP contribution in [0.1, 0.15) is 11.1 Å². The molecule has 0 aliphatic carbocycles. The molecule has 1 N–H and O–H groups in total. The van der Waals surface area contributed by atoms with Crippen molar-refractivity contribution in [2.45, 2.75) is 19.7 Å². The molecule has 2 aromatic carbocycles. The van der Waals surface area contributed by atoms with Gasteiger partial charge in [0, 0.05) is 25.6 Å². The Hall–Kier alpha value is -2.74. The maximum absolute atomic E-state index is 11.6. The molecule has 0 atom stereocenters. The van der Waals surface area contributed by atoms with Crippen molar-refractivity contribution in [3.05, 3.63) is 52.4 Å². The Kier molecular flexibility index (Phi) is 5.62. The van der Waals surface area contributed by atoms with Gasteiger partial charge >= 0.3 is 0 Å². The van der Waals surface area contributed by atoms with Crippen molar-refractivity contribution in [1.29, 1.82) is 0 Å². The molecule has 7 nitrogen and oxygen atoms in total. The molecule has 0 saturated heterocycles. The van der Waals surface area contributed by atoms with Crippen LogP contribution in [0, 0.1) is 4.91 Å². The number of likely N-dealkylation sites (N-methyl/N-ethyl adjacent to an activating group) is 1. The van der Waals surface area contributed by atoms with Crippen molar-refractivity contribution in [2.75, 3.05) is 33.9 Å². The molecule has 152 valence electrons. The molecule has 0 saturated carbocycles. The smallest absolute Gasteiger partial charge is 0.224 e. The van der Waals surface area contributed by atoms with Crippen LogP contribution in [0.3, 0.4) is 0 Å². The van der Waals surface area contributed by atoms with E-state index in [0.717, 1.165) is 41.7 Å². The summed E-state index contributed by atoms with van der Waals surface area (Å²) in [5.41, 5.74) is 5.41. The van der Waals surface area contributed by atoms with Crippen molar-refractivity contribution in [2.24, 2.45) is 5.18 Å². The van der Waals surface area contributed by atoms with E-state index in [0.29, 0.717) is 18.6 Å². The minimum absolute atomic E-state index is 0.0588. The largest absolute Gasteiger partial charge is 0.493 e. The van der Waals surface area contributed by atoms with Crippen molar-refractivity contribution in [1.82, 2.24) is 9.47 Å². The summed E-state index contributed by atoms with van der Waals surface area (Å²) in [6.45, 7) is 2.66. The lowest BCUT2D eigenvalue weighted by Crippen LogP contribution is -2.27. The monoisotopic (exact) mass is 395 g/mol. The molecule has 2 heterocycles. The highest BCUT2D eigenvalue weighted by Crippen LogP contribution is 2.45. The minimum Gasteiger partial charge on any atom is -0.493 e. The van der Waals surface area contributed by atoms with E-state index >= 15 is 0 Å². The Morgan fingerprint density at radius 2 is 1.97 bits per heavy atom. The highest BCUT2D eigenvalue weighted by molar-refractivity contribution is 6.01. The number of nitroso groups, excluding NO2 is 1. The zero-order valence-electron chi connectivity index (χ0n) is 16.7. The molecule has 1 aliphatic heterocycles. The van der Waals surface area contributed by atoms with E-state index in [1.165, 1.54) is 5.56 Å². The Morgan fingerprint density at radius 1 is 1.17 bits per heavy atom. The standard InChI is InChI=1S/C22H25N3O4/c1-24-9-8-16-17(15-6-4-3-5-7-15)12-18-20(23-27)22(26)25(14-29-11-10-28-2)21(18)19(16)13-24/h3-7,12,26H,8-11,13-14H2,1-2H3. The third kappa shape index (κ3) is 3.53. The van der Waals surface area contributed by atoms with Crippen LogP contribution >= 0.6 is 0 Å². The average Bonchev–Trinajstić information content (AvgIpc) is 3.02. The first-order valence-corrected chi connectivity index (χ1v) is 9.69. The molecule has 1 aromatic heterocycles. The normalized spacial score (nSPS) is 14.3. The summed E-state index contributed by atoms with van der Waals surface area (Å²) in [5.74, 6) is -0.159. The summed E-state index contributed by atoms with van der Waals surface area (Å²) in [5, 5.41) is 14.5. The van der Waals surface area contributed by atoms with Crippen LogP contribution in [-0.4, -0.2) is 48.5 Å². The van der Waals surface area contributed by atoms with E-state index in [1.54, 1.807) is 11.7 Å². The minimum atomic E-state index is -0.159. The third-order valence-corrected chi connectivity index (χ3v) is 5.51. The quantitative estimate of drug-likeness (QED) is 0.483. The summed E-state index contributed by atoms with van der Waals surface area (Å²) >= 11 is 0. The van der Waals surface area contributed by atoms with Gasteiger partial charge in [-0.3, -0.25) is 4.57 Å². The highest BCUT2D eigenvalue weighted by atomic mass is 16.5. The topological polar surface area (TPSA) is 76.3 Å². The van der Waals surface area contributed by atoms with Crippen LogP contribution in [0.2, 0.25) is 0 Å². The van der Waals surface area contributed by atoms with Gasteiger partial charge in [-0.1, -0.05) is 30.3 Å². The van der Waals surface area contributed by atoms with Gasteiger partial charge in [-0.25, -0.2) is 0 Å². The van der Waals surface area contributed by atoms with Gasteiger partial charge in [-0.15, -0.1) is 4.91 Å². The SMILES string of the molecule is COCCOCn1c(O)c(N=O)c2cc(-c3ccccc3)c3c(c21)CN(C)CC3. The Labute approximate surface area is 169 Å². The predicted molar refractivity (Wildman–Crippen MR) is 112 cm³/mol. The number of fused-ring (bicyclic) bond motifs is 3. The number of rotatable bonds is 7. The first kappa shape index (κ1) is 19.6. The summed E-state index contributed by atoms with van der Waals surface area (Å²) in [6.07, 6.45) is 0.895. The zero-order chi connectivity index (χ0) is 20.4. The molecule has 0 radical (unpaired) electrons. The number of hydrogen-bond acceptors (Lipinski definition) is 6. The van der Waals surface area contributed by atoms with Gasteiger partial charge in [0.25, 0.3) is 0 Å². The van der Waals surface area contributed by atoms with Crippen LogP contribution < -0.4 is 0 Å². The van der Waals surface area contributed by atoms with Crippen molar-refractivity contribution < 1.29 is 14.6 Å². The Bertz CT molecular complexity index is 1030. The number of methoxy groups -OCH3 is 1. The second-order valence-electron chi connectivity index (χ2n) is 7.35. The number of aromatic hydroxyl groups is 1. The van der Waals surface area contributed by atoms with Crippen LogP contribution in [-0.2, 0) is 29.2 Å². The molecule has 0 amide bonds. The summed E-state index contributed by atoms with van der Waals surface area (Å²) < 4.78 is 12.3. The summed E-state index contributed by atoms with van der Waals surface area (Å²) in [6, 6.07) is 12.1. The summed E-state index contributed by atoms with van der Waals surface area (Å²) in [4.78, 5) is 13.9. The molecule has 0 fully saturated rings. The van der Waals surface area contributed by atoms with E-state index in [1.807, 2.05) is 24.3 Å². The van der Waals surface area contributed by atoms with E-state index in [2.05, 4.69) is 29.3 Å². The number of benzene rings is 2. The maximum atomic E-state index is 11.6. The predicted octanol–water partition coefficient (Wildman–Crippen LogP) is 4.02. The number of hydrogen-bond donors (Lipinski definition) is 1. The molecule has 0 spiro atoms. The van der Waals surface area contributed by atoms with Crippen LogP contribution in [0.15, 0.2) is 41.6 Å². The molecule has 0 unspecified atom stereocenters. The molecule has 29 heavy (non-hydrogen) atoms. The lowest BCUT2D eigenvalue weighted by atomic mass is 9.88. The first-order valence-electron chi connectivity index (χ1n) is 9.69. The van der Waals surface area contributed by atoms with Gasteiger partial charge in [-0.05, 0) is 47.0 Å². The molecule has 0 bridgehead atoms. The Morgan fingerprint density at radius 3 is 2.69 bits per heavy atom. The van der Waals surface area contributed by atoms with Gasteiger partial charge < -0.3 is 19.5 Å². The lowest BCUT2D eigenvalue weighted by Gasteiger charge is -2.28. The maximum Gasteiger partial charge on any atom is 0.224 e. The van der Waals surface area contributed by atoms with Gasteiger partial charge in [0.05, 0.1) is 18.7 Å². The van der Waals surface area contributed by atoms with Crippen molar-refractivity contribution in [3.63, 3.8) is 0 Å². The molecule has 4 rings (SSSR count). The second-order valence-corrected chi connectivity index (χ2v) is 7.35. The van der Waals surface area contributed by atoms with E-state index in [-0.39, 0.29) is 18.3 Å². The van der Waals surface area contributed by atoms with Crippen LogP contribution in [0.5, 0.6) is 5.88 Å². The van der Waals surface area contributed by atoms with Crippen molar-refractivity contribution in [3.8, 4) is 17.0 Å². The molecule has 3 aromatic rings.